The van der Waals surface area contributed by atoms with Crippen LogP contribution in [0.5, 0.6) is 5.75 Å². The smallest absolute Gasteiger partial charge is 0.748 e. The van der Waals surface area contributed by atoms with Gasteiger partial charge >= 0.3 is 18.9 Å². The number of hydrogen-bond donors (Lipinski definition) is 2. The second-order valence-corrected chi connectivity index (χ2v) is 5.43. The number of aliphatic hydroxyl groups excluding tert-OH is 1. The predicted octanol–water partition coefficient (Wildman–Crippen LogP) is -3.43. The summed E-state index contributed by atoms with van der Waals surface area (Å²) in [6, 6.07) is 0. The summed E-state index contributed by atoms with van der Waals surface area (Å²) < 4.78 is 31.7. The molecule has 0 saturated heterocycles. The standard InChI is InChI=1S/C10H16N2O5S.Li/c1-7-10(14)9(8(6-13)5-11-7)12(2)3-4-18(15,16)17;/h5,13-14H,3-4,6H2,1-2H3,(H,15,16,17);/q;+1/p-1. The van der Waals surface area contributed by atoms with Crippen LogP contribution < -0.4 is 23.8 Å². The Kier molecular flexibility index (Phi) is 6.83. The van der Waals surface area contributed by atoms with Gasteiger partial charge < -0.3 is 19.7 Å². The van der Waals surface area contributed by atoms with Gasteiger partial charge in [-0.2, -0.15) is 0 Å². The van der Waals surface area contributed by atoms with Crippen molar-refractivity contribution in [2.45, 2.75) is 13.5 Å². The van der Waals surface area contributed by atoms with Gasteiger partial charge in [0.05, 0.1) is 33.9 Å². The summed E-state index contributed by atoms with van der Waals surface area (Å²) in [7, 11) is -2.79. The molecule has 0 bridgehead atoms. The quantitative estimate of drug-likeness (QED) is 0.427. The van der Waals surface area contributed by atoms with Gasteiger partial charge in [0.2, 0.25) is 0 Å². The van der Waals surface area contributed by atoms with Crippen LogP contribution in [-0.4, -0.2) is 47.5 Å². The van der Waals surface area contributed by atoms with Crippen LogP contribution in [0.3, 0.4) is 0 Å². The number of pyridine rings is 1. The van der Waals surface area contributed by atoms with Gasteiger partial charge in [-0.15, -0.1) is 0 Å². The minimum Gasteiger partial charge on any atom is -0.748 e. The van der Waals surface area contributed by atoms with E-state index in [9.17, 15) is 18.1 Å². The van der Waals surface area contributed by atoms with Crippen LogP contribution in [0.4, 0.5) is 5.69 Å². The number of anilines is 1. The zero-order valence-corrected chi connectivity index (χ0v) is 11.9. The molecular formula is C10H15LiN2O5S. The Hall–Kier alpha value is -0.783. The van der Waals surface area contributed by atoms with Crippen molar-refractivity contribution in [3.8, 4) is 5.75 Å². The summed E-state index contributed by atoms with van der Waals surface area (Å²) in [6.07, 6.45) is 1.40. The van der Waals surface area contributed by atoms with Crippen molar-refractivity contribution in [2.24, 2.45) is 0 Å². The van der Waals surface area contributed by atoms with Crippen LogP contribution in [0.15, 0.2) is 6.20 Å². The molecule has 9 heteroatoms. The monoisotopic (exact) mass is 282 g/mol. The van der Waals surface area contributed by atoms with E-state index >= 15 is 0 Å². The fourth-order valence-electron chi connectivity index (χ4n) is 1.52. The first-order valence-electron chi connectivity index (χ1n) is 5.19. The third-order valence-electron chi connectivity index (χ3n) is 2.51. The van der Waals surface area contributed by atoms with E-state index < -0.39 is 15.9 Å². The van der Waals surface area contributed by atoms with Crippen LogP contribution in [0.2, 0.25) is 0 Å². The summed E-state index contributed by atoms with van der Waals surface area (Å²) in [5.41, 5.74) is 1.01. The van der Waals surface area contributed by atoms with Gasteiger partial charge in [0.15, 0.2) is 5.75 Å². The summed E-state index contributed by atoms with van der Waals surface area (Å²) in [5.74, 6) is -0.706. The van der Waals surface area contributed by atoms with Crippen molar-refractivity contribution < 1.29 is 42.0 Å². The molecule has 102 valence electrons. The van der Waals surface area contributed by atoms with Crippen LogP contribution in [0, 0.1) is 6.92 Å². The number of aromatic nitrogens is 1. The minimum atomic E-state index is -4.32. The van der Waals surface area contributed by atoms with E-state index in [1.54, 1.807) is 6.92 Å². The second-order valence-electron chi connectivity index (χ2n) is 3.91. The van der Waals surface area contributed by atoms with Crippen LogP contribution in [0.25, 0.3) is 0 Å². The third kappa shape index (κ3) is 5.01. The van der Waals surface area contributed by atoms with Crippen molar-refractivity contribution in [3.63, 3.8) is 0 Å². The molecule has 0 radical (unpaired) electrons. The summed E-state index contributed by atoms with van der Waals surface area (Å²) in [5, 5.41) is 19.0. The largest absolute Gasteiger partial charge is 1.00 e. The Morgan fingerprint density at radius 2 is 2.05 bits per heavy atom. The second kappa shape index (κ2) is 7.12. The maximum atomic E-state index is 10.6. The molecule has 0 saturated carbocycles. The third-order valence-corrected chi connectivity index (χ3v) is 3.20. The molecule has 2 N–H and O–H groups in total. The minimum absolute atomic E-state index is 0. The molecule has 1 rings (SSSR count). The van der Waals surface area contributed by atoms with Gasteiger partial charge in [-0.1, -0.05) is 0 Å². The average Bonchev–Trinajstić information content (AvgIpc) is 2.28. The normalized spacial score (nSPS) is 10.9. The summed E-state index contributed by atoms with van der Waals surface area (Å²) in [6.45, 7) is 1.17. The molecule has 0 atom stereocenters. The van der Waals surface area contributed by atoms with Gasteiger partial charge in [0.1, 0.15) is 0 Å². The zero-order valence-electron chi connectivity index (χ0n) is 11.1. The molecule has 0 fully saturated rings. The van der Waals surface area contributed by atoms with Crippen molar-refractivity contribution in [2.75, 3.05) is 24.2 Å². The molecule has 0 aliphatic rings. The number of aliphatic hydroxyl groups is 1. The Morgan fingerprint density at radius 1 is 1.47 bits per heavy atom. The van der Waals surface area contributed by atoms with E-state index in [2.05, 4.69) is 4.98 Å². The molecule has 7 nitrogen and oxygen atoms in total. The number of aryl methyl sites for hydroxylation is 1. The number of rotatable bonds is 5. The Labute approximate surface area is 124 Å². The van der Waals surface area contributed by atoms with Gasteiger partial charge in [0.25, 0.3) is 0 Å². The van der Waals surface area contributed by atoms with Crippen molar-refractivity contribution >= 4 is 15.8 Å². The zero-order chi connectivity index (χ0) is 13.9. The van der Waals surface area contributed by atoms with Crippen LogP contribution in [0.1, 0.15) is 11.3 Å². The van der Waals surface area contributed by atoms with E-state index in [0.29, 0.717) is 11.3 Å². The molecule has 0 amide bonds. The Morgan fingerprint density at radius 3 is 2.53 bits per heavy atom. The maximum Gasteiger partial charge on any atom is 1.00 e. The molecule has 0 unspecified atom stereocenters. The molecule has 1 aromatic rings. The van der Waals surface area contributed by atoms with E-state index in [0.717, 1.165) is 0 Å². The van der Waals surface area contributed by atoms with Crippen molar-refractivity contribution in [1.82, 2.24) is 4.98 Å². The fraction of sp³-hybridized carbons (Fsp3) is 0.500. The molecule has 0 aromatic carbocycles. The summed E-state index contributed by atoms with van der Waals surface area (Å²) >= 11 is 0. The summed E-state index contributed by atoms with van der Waals surface area (Å²) in [4.78, 5) is 5.29. The molecule has 19 heavy (non-hydrogen) atoms. The van der Waals surface area contributed by atoms with E-state index in [-0.39, 0.29) is 43.4 Å². The van der Waals surface area contributed by atoms with E-state index in [1.165, 1.54) is 18.1 Å². The fourth-order valence-corrected chi connectivity index (χ4v) is 2.02. The first-order valence-corrected chi connectivity index (χ1v) is 6.77. The Bertz CT molecular complexity index is 535. The number of nitrogens with zero attached hydrogens (tertiary/aromatic N) is 2. The first kappa shape index (κ1) is 18.2. The molecule has 0 aliphatic carbocycles. The first-order chi connectivity index (χ1) is 8.26. The van der Waals surface area contributed by atoms with Crippen molar-refractivity contribution in [3.05, 3.63) is 17.5 Å². The van der Waals surface area contributed by atoms with Gasteiger partial charge in [-0.3, -0.25) is 4.98 Å². The molecule has 0 aliphatic heterocycles. The van der Waals surface area contributed by atoms with Gasteiger partial charge in [-0.05, 0) is 6.92 Å². The maximum absolute atomic E-state index is 10.6. The van der Waals surface area contributed by atoms with E-state index in [4.69, 9.17) is 5.11 Å². The Balaban J connectivity index is 0.00000324. The van der Waals surface area contributed by atoms with Crippen molar-refractivity contribution in [1.29, 1.82) is 0 Å². The van der Waals surface area contributed by atoms with Gasteiger partial charge in [-0.25, -0.2) is 8.42 Å². The molecular weight excluding hydrogens is 267 g/mol. The van der Waals surface area contributed by atoms with E-state index in [1.807, 2.05) is 0 Å². The molecule has 1 aromatic heterocycles. The van der Waals surface area contributed by atoms with Gasteiger partial charge in [0, 0.05) is 25.4 Å². The molecule has 1 heterocycles. The number of aromatic hydroxyl groups is 1. The SMILES string of the molecule is Cc1ncc(CO)c(N(C)CCS(=O)(=O)[O-])c1O.[Li+]. The topological polar surface area (TPSA) is 114 Å². The van der Waals surface area contributed by atoms with Crippen LogP contribution >= 0.6 is 0 Å². The van der Waals surface area contributed by atoms with Crippen LogP contribution in [-0.2, 0) is 16.7 Å². The molecule has 0 spiro atoms. The average molecular weight is 282 g/mol. The predicted molar refractivity (Wildman–Crippen MR) is 64.4 cm³/mol. The number of hydrogen-bond acceptors (Lipinski definition) is 7.